The Bertz CT molecular complexity index is 281. The molecule has 82 valence electrons. The third kappa shape index (κ3) is 2.39. The Morgan fingerprint density at radius 2 is 1.47 bits per heavy atom. The van der Waals surface area contributed by atoms with E-state index in [1.165, 1.54) is 25.7 Å². The molecule has 1 aromatic rings. The third-order valence-corrected chi connectivity index (χ3v) is 6.09. The van der Waals surface area contributed by atoms with Gasteiger partial charge in [0, 0.05) is 23.7 Å². The van der Waals surface area contributed by atoms with Crippen LogP contribution in [0.3, 0.4) is 0 Å². The Morgan fingerprint density at radius 1 is 0.933 bits per heavy atom. The zero-order valence-corrected chi connectivity index (χ0v) is 10.6. The monoisotopic (exact) mass is 221 g/mol. The predicted molar refractivity (Wildman–Crippen MR) is 69.5 cm³/mol. The van der Waals surface area contributed by atoms with Gasteiger partial charge in [-0.1, -0.05) is 44.9 Å². The molecule has 1 fully saturated rings. The minimum Gasteiger partial charge on any atom is -0.0652 e. The van der Waals surface area contributed by atoms with Gasteiger partial charge in [-0.15, -0.1) is 0 Å². The van der Waals surface area contributed by atoms with Crippen molar-refractivity contribution in [2.45, 2.75) is 54.9 Å². The van der Waals surface area contributed by atoms with Crippen molar-refractivity contribution >= 4 is 10.9 Å². The van der Waals surface area contributed by atoms with Gasteiger partial charge in [-0.05, 0) is 12.1 Å². The maximum atomic E-state index is 2.32. The molecule has 1 heteroatoms. The Morgan fingerprint density at radius 3 is 1.93 bits per heavy atom. The first-order valence-electron chi connectivity index (χ1n) is 6.15. The molecule has 0 radical (unpaired) electrons. The highest BCUT2D eigenvalue weighted by atomic mass is 32.2. The van der Waals surface area contributed by atoms with Crippen LogP contribution in [-0.2, 0) is 10.9 Å². The van der Waals surface area contributed by atoms with Crippen LogP contribution in [0.4, 0.5) is 0 Å². The smallest absolute Gasteiger partial charge is 0.0652 e. The lowest BCUT2D eigenvalue weighted by molar-refractivity contribution is 0.712. The first-order chi connectivity index (χ1) is 7.38. The van der Waals surface area contributed by atoms with Crippen LogP contribution in [0.5, 0.6) is 0 Å². The van der Waals surface area contributed by atoms with E-state index in [0.717, 1.165) is 10.5 Å². The van der Waals surface area contributed by atoms with Gasteiger partial charge in [0.15, 0.2) is 15.4 Å². The van der Waals surface area contributed by atoms with Gasteiger partial charge < -0.3 is 0 Å². The minimum atomic E-state index is 0.596. The van der Waals surface area contributed by atoms with Crippen molar-refractivity contribution in [3.8, 4) is 0 Å². The van der Waals surface area contributed by atoms with Crippen molar-refractivity contribution in [2.75, 3.05) is 0 Å². The average molecular weight is 221 g/mol. The molecule has 0 saturated carbocycles. The van der Waals surface area contributed by atoms with Crippen LogP contribution in [-0.4, -0.2) is 10.5 Å². The van der Waals surface area contributed by atoms with E-state index in [4.69, 9.17) is 0 Å². The highest BCUT2D eigenvalue weighted by molar-refractivity contribution is 8.05. The summed E-state index contributed by atoms with van der Waals surface area (Å²) >= 11 is 0. The van der Waals surface area contributed by atoms with Crippen LogP contribution in [0.25, 0.3) is 0 Å². The molecule has 1 heterocycles. The van der Waals surface area contributed by atoms with Gasteiger partial charge in [-0.25, -0.2) is 0 Å². The highest BCUT2D eigenvalue weighted by Crippen LogP contribution is 2.46. The molecule has 2 rings (SSSR count). The Balaban J connectivity index is 2.03. The maximum absolute atomic E-state index is 2.32. The number of benzene rings is 1. The van der Waals surface area contributed by atoms with E-state index in [1.807, 2.05) is 0 Å². The van der Waals surface area contributed by atoms with Crippen LogP contribution in [0, 0.1) is 0 Å². The fraction of sp³-hybridized carbons (Fsp3) is 0.571. The van der Waals surface area contributed by atoms with Crippen molar-refractivity contribution in [3.63, 3.8) is 0 Å². The van der Waals surface area contributed by atoms with Crippen LogP contribution in [0.2, 0.25) is 0 Å². The summed E-state index contributed by atoms with van der Waals surface area (Å²) in [6.07, 6.45) is 5.56. The molecule has 0 nitrogen and oxygen atoms in total. The Kier molecular flexibility index (Phi) is 3.74. The number of rotatable bonds is 5. The standard InChI is InChI=1S/C14H21S/c1-3-8-13-14(9-4-2)15(13)12-10-6-5-7-11-12/h5-7,10-11,13-14H,3-4,8-9H2,1-2H3/q+1/t13-,14-/m0/s1. The van der Waals surface area contributed by atoms with Crippen molar-refractivity contribution < 1.29 is 0 Å². The summed E-state index contributed by atoms with van der Waals surface area (Å²) in [5, 5.41) is 2.02. The van der Waals surface area contributed by atoms with Gasteiger partial charge in [-0.2, -0.15) is 0 Å². The second-order valence-electron chi connectivity index (χ2n) is 4.34. The summed E-state index contributed by atoms with van der Waals surface area (Å²) < 4.78 is 0. The molecule has 1 aliphatic heterocycles. The van der Waals surface area contributed by atoms with Crippen LogP contribution < -0.4 is 0 Å². The van der Waals surface area contributed by atoms with E-state index in [2.05, 4.69) is 44.2 Å². The van der Waals surface area contributed by atoms with Crippen molar-refractivity contribution in [1.29, 1.82) is 0 Å². The molecule has 1 aliphatic rings. The summed E-state index contributed by atoms with van der Waals surface area (Å²) in [5.74, 6) is 0. The molecular weight excluding hydrogens is 200 g/mol. The molecule has 0 N–H and O–H groups in total. The second-order valence-corrected chi connectivity index (χ2v) is 6.77. The number of hydrogen-bond donors (Lipinski definition) is 0. The van der Waals surface area contributed by atoms with Gasteiger partial charge in [0.05, 0.1) is 0 Å². The fourth-order valence-electron chi connectivity index (χ4n) is 2.43. The SMILES string of the molecule is CCC[C@H]1[C@H](CCC)[S+]1c1ccccc1. The largest absolute Gasteiger partial charge is 0.171 e. The summed E-state index contributed by atoms with van der Waals surface area (Å²) in [6.45, 7) is 4.63. The van der Waals surface area contributed by atoms with Crippen molar-refractivity contribution in [2.24, 2.45) is 0 Å². The molecule has 1 saturated heterocycles. The highest BCUT2D eigenvalue weighted by Gasteiger charge is 2.62. The van der Waals surface area contributed by atoms with Gasteiger partial charge in [-0.3, -0.25) is 0 Å². The molecule has 1 aromatic carbocycles. The summed E-state index contributed by atoms with van der Waals surface area (Å²) in [5.41, 5.74) is 0. The lowest BCUT2D eigenvalue weighted by Crippen LogP contribution is -1.91. The van der Waals surface area contributed by atoms with E-state index >= 15 is 0 Å². The molecular formula is C14H21S+. The summed E-state index contributed by atoms with van der Waals surface area (Å²) in [4.78, 5) is 1.61. The van der Waals surface area contributed by atoms with Gasteiger partial charge in [0.25, 0.3) is 0 Å². The first kappa shape index (κ1) is 11.1. The van der Waals surface area contributed by atoms with Gasteiger partial charge >= 0.3 is 0 Å². The quantitative estimate of drug-likeness (QED) is 0.520. The molecule has 15 heavy (non-hydrogen) atoms. The van der Waals surface area contributed by atoms with E-state index in [9.17, 15) is 0 Å². The lowest BCUT2D eigenvalue weighted by Gasteiger charge is -1.89. The van der Waals surface area contributed by atoms with Crippen molar-refractivity contribution in [1.82, 2.24) is 0 Å². The minimum absolute atomic E-state index is 0.596. The van der Waals surface area contributed by atoms with Crippen molar-refractivity contribution in [3.05, 3.63) is 30.3 Å². The van der Waals surface area contributed by atoms with Crippen LogP contribution in [0.15, 0.2) is 35.2 Å². The summed E-state index contributed by atoms with van der Waals surface area (Å²) in [7, 11) is 0.596. The molecule has 0 bridgehead atoms. The third-order valence-electron chi connectivity index (χ3n) is 3.15. The fourth-order valence-corrected chi connectivity index (χ4v) is 5.62. The van der Waals surface area contributed by atoms with E-state index in [0.29, 0.717) is 10.9 Å². The molecule has 0 aliphatic carbocycles. The zero-order chi connectivity index (χ0) is 10.7. The molecule has 0 unspecified atom stereocenters. The van der Waals surface area contributed by atoms with Gasteiger partial charge in [0.2, 0.25) is 0 Å². The Hall–Kier alpha value is -0.430. The van der Waals surface area contributed by atoms with E-state index in [1.54, 1.807) is 4.90 Å². The van der Waals surface area contributed by atoms with E-state index < -0.39 is 0 Å². The molecule has 0 spiro atoms. The normalized spacial score (nSPS) is 29.1. The average Bonchev–Trinajstić information content (AvgIpc) is 2.94. The van der Waals surface area contributed by atoms with Crippen LogP contribution in [0.1, 0.15) is 39.5 Å². The maximum Gasteiger partial charge on any atom is 0.171 e. The molecule has 0 amide bonds. The second kappa shape index (κ2) is 5.07. The molecule has 2 atom stereocenters. The molecule has 0 aromatic heterocycles. The number of hydrogen-bond acceptors (Lipinski definition) is 0. The first-order valence-corrected chi connectivity index (χ1v) is 7.50. The topological polar surface area (TPSA) is 0 Å². The van der Waals surface area contributed by atoms with Crippen LogP contribution >= 0.6 is 0 Å². The van der Waals surface area contributed by atoms with Gasteiger partial charge in [0.1, 0.15) is 0 Å². The van der Waals surface area contributed by atoms with E-state index in [-0.39, 0.29) is 0 Å². The predicted octanol–water partition coefficient (Wildman–Crippen LogP) is 4.01. The Labute approximate surface area is 96.4 Å². The summed E-state index contributed by atoms with van der Waals surface area (Å²) in [6, 6.07) is 11.1. The zero-order valence-electron chi connectivity index (χ0n) is 9.78. The lowest BCUT2D eigenvalue weighted by atomic mass is 10.1.